The van der Waals surface area contributed by atoms with Gasteiger partial charge in [-0.15, -0.1) is 0 Å². The Morgan fingerprint density at radius 1 is 1.11 bits per heavy atom. The number of hydrogen-bond donors (Lipinski definition) is 0. The molecule has 5 atom stereocenters. The van der Waals surface area contributed by atoms with Crippen LogP contribution in [0, 0.1) is 23.7 Å². The molecule has 2 fully saturated rings. The number of fused-ring (bicyclic) bond motifs is 5. The van der Waals surface area contributed by atoms with E-state index >= 15 is 0 Å². The molecule has 0 N–H and O–H groups in total. The number of oxime groups is 1. The summed E-state index contributed by atoms with van der Waals surface area (Å²) in [6.45, 7) is 0. The number of benzene rings is 1. The number of rotatable bonds is 5. The third-order valence-corrected chi connectivity index (χ3v) is 6.48. The molecule has 2 saturated carbocycles. The van der Waals surface area contributed by atoms with Crippen LogP contribution in [0.4, 0.5) is 0 Å². The fourth-order valence-electron chi connectivity index (χ4n) is 5.30. The van der Waals surface area contributed by atoms with Crippen molar-refractivity contribution >= 4 is 17.7 Å². The predicted octanol–water partition coefficient (Wildman–Crippen LogP) is 2.92. The standard InChI is InChI=1S/C21H25NO5/c1-25-20(23)15(21(24)26-2)11-16-17(12-6-4-3-5-7-12)18-13-8-9-14(10-13)19(18)27-22-16/h3-7,13-15,17-19H,8-11H2,1-2H3/t13-,14+,17-,18+,19+/m0/s1. The smallest absolute Gasteiger partial charge is 0.320 e. The quantitative estimate of drug-likeness (QED) is 0.588. The van der Waals surface area contributed by atoms with Crippen LogP contribution in [0.25, 0.3) is 0 Å². The van der Waals surface area contributed by atoms with Gasteiger partial charge in [0, 0.05) is 18.3 Å². The van der Waals surface area contributed by atoms with Crippen molar-refractivity contribution in [1.29, 1.82) is 0 Å². The summed E-state index contributed by atoms with van der Waals surface area (Å²) in [7, 11) is 2.55. The molecular weight excluding hydrogens is 346 g/mol. The Morgan fingerprint density at radius 2 is 1.78 bits per heavy atom. The van der Waals surface area contributed by atoms with Crippen LogP contribution < -0.4 is 0 Å². The maximum atomic E-state index is 12.2. The Hall–Kier alpha value is -2.37. The number of hydrogen-bond acceptors (Lipinski definition) is 6. The van der Waals surface area contributed by atoms with Crippen molar-refractivity contribution in [3.63, 3.8) is 0 Å². The second kappa shape index (κ2) is 7.33. The zero-order chi connectivity index (χ0) is 19.0. The van der Waals surface area contributed by atoms with Crippen molar-refractivity contribution < 1.29 is 23.9 Å². The second-order valence-corrected chi connectivity index (χ2v) is 7.75. The van der Waals surface area contributed by atoms with Gasteiger partial charge in [0.2, 0.25) is 0 Å². The summed E-state index contributed by atoms with van der Waals surface area (Å²) in [4.78, 5) is 30.2. The molecule has 0 amide bonds. The third kappa shape index (κ3) is 3.11. The van der Waals surface area contributed by atoms with Crippen LogP contribution in [0.3, 0.4) is 0 Å². The van der Waals surface area contributed by atoms with E-state index in [-0.39, 0.29) is 18.4 Å². The molecule has 3 aliphatic rings. The van der Waals surface area contributed by atoms with Gasteiger partial charge in [-0.25, -0.2) is 0 Å². The molecule has 2 bridgehead atoms. The lowest BCUT2D eigenvalue weighted by molar-refractivity contribution is -0.158. The summed E-state index contributed by atoms with van der Waals surface area (Å²) in [5.41, 5.74) is 1.89. The fraction of sp³-hybridized carbons (Fsp3) is 0.571. The molecule has 0 radical (unpaired) electrons. The van der Waals surface area contributed by atoms with E-state index in [2.05, 4.69) is 17.3 Å². The molecule has 6 heteroatoms. The van der Waals surface area contributed by atoms with Gasteiger partial charge < -0.3 is 14.3 Å². The number of methoxy groups -OCH3 is 2. The number of nitrogens with zero attached hydrogens (tertiary/aromatic N) is 1. The van der Waals surface area contributed by atoms with Gasteiger partial charge in [0.1, 0.15) is 6.10 Å². The van der Waals surface area contributed by atoms with Crippen LogP contribution in [0.1, 0.15) is 37.2 Å². The van der Waals surface area contributed by atoms with E-state index in [0.717, 1.165) is 11.3 Å². The average molecular weight is 371 g/mol. The van der Waals surface area contributed by atoms with Crippen LogP contribution in [-0.4, -0.2) is 38.0 Å². The van der Waals surface area contributed by atoms with Crippen LogP contribution in [0.5, 0.6) is 0 Å². The predicted molar refractivity (Wildman–Crippen MR) is 98.0 cm³/mol. The second-order valence-electron chi connectivity index (χ2n) is 7.75. The summed E-state index contributed by atoms with van der Waals surface area (Å²) in [5, 5.41) is 4.42. The van der Waals surface area contributed by atoms with Crippen molar-refractivity contribution in [1.82, 2.24) is 0 Å². The largest absolute Gasteiger partial charge is 0.468 e. The van der Waals surface area contributed by atoms with Gasteiger partial charge in [0.25, 0.3) is 0 Å². The van der Waals surface area contributed by atoms with Gasteiger partial charge in [-0.2, -0.15) is 0 Å². The molecule has 0 unspecified atom stereocenters. The van der Waals surface area contributed by atoms with Crippen molar-refractivity contribution in [2.24, 2.45) is 28.8 Å². The highest BCUT2D eigenvalue weighted by atomic mass is 16.6. The van der Waals surface area contributed by atoms with E-state index in [9.17, 15) is 9.59 Å². The van der Waals surface area contributed by atoms with Gasteiger partial charge in [0.15, 0.2) is 5.92 Å². The molecule has 0 saturated heterocycles. The lowest BCUT2D eigenvalue weighted by atomic mass is 9.70. The van der Waals surface area contributed by atoms with Gasteiger partial charge in [-0.1, -0.05) is 35.5 Å². The Morgan fingerprint density at radius 3 is 2.44 bits per heavy atom. The van der Waals surface area contributed by atoms with Crippen LogP contribution >= 0.6 is 0 Å². The Kier molecular flexibility index (Phi) is 4.89. The third-order valence-electron chi connectivity index (χ3n) is 6.48. The zero-order valence-corrected chi connectivity index (χ0v) is 15.7. The van der Waals surface area contributed by atoms with Gasteiger partial charge in [-0.05, 0) is 36.7 Å². The van der Waals surface area contributed by atoms with Crippen LogP contribution in [0.15, 0.2) is 35.5 Å². The fourth-order valence-corrected chi connectivity index (χ4v) is 5.30. The van der Waals surface area contributed by atoms with Crippen molar-refractivity contribution in [3.05, 3.63) is 35.9 Å². The van der Waals surface area contributed by atoms with Gasteiger partial charge in [0.05, 0.1) is 19.9 Å². The summed E-state index contributed by atoms with van der Waals surface area (Å²) in [6, 6.07) is 10.2. The molecule has 0 spiro atoms. The molecule has 27 heavy (non-hydrogen) atoms. The Labute approximate surface area is 158 Å². The molecule has 1 aliphatic heterocycles. The van der Waals surface area contributed by atoms with Crippen LogP contribution in [-0.2, 0) is 23.9 Å². The van der Waals surface area contributed by atoms with E-state index in [1.807, 2.05) is 18.2 Å². The number of ether oxygens (including phenoxy) is 2. The maximum absolute atomic E-state index is 12.2. The number of carbonyl (C=O) groups excluding carboxylic acids is 2. The normalized spacial score (nSPS) is 31.1. The first-order chi connectivity index (χ1) is 13.1. The van der Waals surface area contributed by atoms with Crippen molar-refractivity contribution in [2.75, 3.05) is 14.2 Å². The molecule has 1 heterocycles. The summed E-state index contributed by atoms with van der Waals surface area (Å²) < 4.78 is 9.64. The first-order valence-electron chi connectivity index (χ1n) is 9.57. The van der Waals surface area contributed by atoms with Gasteiger partial charge in [-0.3, -0.25) is 9.59 Å². The SMILES string of the molecule is COC(=O)C(CC1=NO[C@@H]2[C@@H]3CC[C@@H](C3)[C@@H]2[C@H]1c1ccccc1)C(=O)OC. The monoisotopic (exact) mass is 371 g/mol. The minimum Gasteiger partial charge on any atom is -0.468 e. The highest BCUT2D eigenvalue weighted by Crippen LogP contribution is 2.56. The molecular formula is C21H25NO5. The molecule has 4 rings (SSSR count). The summed E-state index contributed by atoms with van der Waals surface area (Å²) >= 11 is 0. The molecule has 2 aliphatic carbocycles. The molecule has 0 aromatic heterocycles. The molecule has 144 valence electrons. The van der Waals surface area contributed by atoms with E-state index in [4.69, 9.17) is 14.3 Å². The van der Waals surface area contributed by atoms with Crippen LogP contribution in [0.2, 0.25) is 0 Å². The lowest BCUT2D eigenvalue weighted by Gasteiger charge is -2.40. The van der Waals surface area contributed by atoms with Crippen molar-refractivity contribution in [2.45, 2.75) is 37.7 Å². The maximum Gasteiger partial charge on any atom is 0.320 e. The average Bonchev–Trinajstić information content (AvgIpc) is 3.33. The van der Waals surface area contributed by atoms with E-state index in [1.54, 1.807) is 0 Å². The van der Waals surface area contributed by atoms with Gasteiger partial charge >= 0.3 is 11.9 Å². The number of carbonyl (C=O) groups is 2. The first-order valence-corrected chi connectivity index (χ1v) is 9.57. The summed E-state index contributed by atoms with van der Waals surface area (Å²) in [5.74, 6) is -0.674. The van der Waals surface area contributed by atoms with E-state index in [0.29, 0.717) is 17.8 Å². The Bertz CT molecular complexity index is 730. The molecule has 1 aromatic rings. The summed E-state index contributed by atoms with van der Waals surface area (Å²) in [6.07, 6.45) is 3.87. The highest BCUT2D eigenvalue weighted by Gasteiger charge is 2.55. The molecule has 6 nitrogen and oxygen atoms in total. The minimum atomic E-state index is -1.02. The molecule has 1 aromatic carbocycles. The minimum absolute atomic E-state index is 0.0528. The topological polar surface area (TPSA) is 74.2 Å². The Balaban J connectivity index is 1.68. The lowest BCUT2D eigenvalue weighted by Crippen LogP contribution is -2.42. The number of esters is 2. The first kappa shape index (κ1) is 18.0. The highest BCUT2D eigenvalue weighted by molar-refractivity contribution is 6.02. The van der Waals surface area contributed by atoms with E-state index in [1.165, 1.54) is 33.5 Å². The zero-order valence-electron chi connectivity index (χ0n) is 15.7. The van der Waals surface area contributed by atoms with E-state index < -0.39 is 17.9 Å². The van der Waals surface area contributed by atoms with Crippen molar-refractivity contribution in [3.8, 4) is 0 Å².